The lowest BCUT2D eigenvalue weighted by molar-refractivity contribution is 0.0946. The van der Waals surface area contributed by atoms with Crippen LogP contribution in [0.1, 0.15) is 40.2 Å². The first-order chi connectivity index (χ1) is 13.2. The van der Waals surface area contributed by atoms with E-state index in [1.54, 1.807) is 6.20 Å². The molecule has 27 heavy (non-hydrogen) atoms. The van der Waals surface area contributed by atoms with Crippen molar-refractivity contribution in [2.75, 3.05) is 12.3 Å². The number of nitrogens with one attached hydrogen (secondary N) is 1. The summed E-state index contributed by atoms with van der Waals surface area (Å²) in [5.41, 5.74) is 12.7. The van der Waals surface area contributed by atoms with Crippen LogP contribution in [0.2, 0.25) is 0 Å². The summed E-state index contributed by atoms with van der Waals surface area (Å²) in [6, 6.07) is 14.3. The van der Waals surface area contributed by atoms with E-state index in [2.05, 4.69) is 34.6 Å². The summed E-state index contributed by atoms with van der Waals surface area (Å²) in [6.45, 7) is 0.657. The number of nitrogens with zero attached hydrogens (tertiary/aromatic N) is 2. The first-order valence-corrected chi connectivity index (χ1v) is 9.33. The van der Waals surface area contributed by atoms with Crippen LogP contribution in [0.3, 0.4) is 0 Å². The maximum Gasteiger partial charge on any atom is 0.251 e. The number of nitrogens with two attached hydrogens (primary N) is 1. The minimum atomic E-state index is -0.0219. The highest BCUT2D eigenvalue weighted by atomic mass is 16.1. The number of hydrogen-bond donors (Lipinski definition) is 2. The third-order valence-electron chi connectivity index (χ3n) is 5.36. The lowest BCUT2D eigenvalue weighted by atomic mass is 9.96. The van der Waals surface area contributed by atoms with E-state index in [-0.39, 0.29) is 5.91 Å². The van der Waals surface area contributed by atoms with Gasteiger partial charge in [0.15, 0.2) is 0 Å². The summed E-state index contributed by atoms with van der Waals surface area (Å²) >= 11 is 0. The second-order valence-electron chi connectivity index (χ2n) is 7.26. The van der Waals surface area contributed by atoms with E-state index >= 15 is 0 Å². The van der Waals surface area contributed by atoms with Crippen LogP contribution in [0, 0.1) is 0 Å². The summed E-state index contributed by atoms with van der Waals surface area (Å²) in [7, 11) is 0. The van der Waals surface area contributed by atoms with Gasteiger partial charge in [-0.05, 0) is 48.4 Å². The van der Waals surface area contributed by atoms with Gasteiger partial charge in [0.05, 0.1) is 11.9 Å². The standard InChI is InChI=1S/C22H20N4O/c23-21-20(17-7-8-18-16(11-17)9-10-24-22(18)27)26-19(12-25-21)15-5-3-14(4-6-15)13-1-2-13/h3-8,11-13H,1-2,9-10H2,(H2,23,25)(H,24,27). The summed E-state index contributed by atoms with van der Waals surface area (Å²) in [4.78, 5) is 21.1. The molecule has 1 amide bonds. The molecular formula is C22H20N4O. The molecule has 3 aromatic rings. The number of benzene rings is 2. The monoisotopic (exact) mass is 356 g/mol. The molecule has 5 heteroatoms. The number of anilines is 1. The molecule has 0 saturated heterocycles. The summed E-state index contributed by atoms with van der Waals surface area (Å²) < 4.78 is 0. The fraction of sp³-hybridized carbons (Fsp3) is 0.227. The van der Waals surface area contributed by atoms with E-state index in [0.29, 0.717) is 18.1 Å². The van der Waals surface area contributed by atoms with Crippen LogP contribution in [0.25, 0.3) is 22.5 Å². The highest BCUT2D eigenvalue weighted by Crippen LogP contribution is 2.40. The van der Waals surface area contributed by atoms with E-state index in [4.69, 9.17) is 10.7 Å². The van der Waals surface area contributed by atoms with Gasteiger partial charge in [0.25, 0.3) is 5.91 Å². The number of aromatic nitrogens is 2. The van der Waals surface area contributed by atoms with Gasteiger partial charge < -0.3 is 11.1 Å². The van der Waals surface area contributed by atoms with Gasteiger partial charge in [0.1, 0.15) is 11.5 Å². The molecule has 0 radical (unpaired) electrons. The minimum Gasteiger partial charge on any atom is -0.382 e. The summed E-state index contributed by atoms with van der Waals surface area (Å²) in [5.74, 6) is 1.11. The van der Waals surface area contributed by atoms with Gasteiger partial charge in [-0.25, -0.2) is 9.97 Å². The van der Waals surface area contributed by atoms with Crippen LogP contribution in [0.4, 0.5) is 5.82 Å². The van der Waals surface area contributed by atoms with Gasteiger partial charge in [-0.2, -0.15) is 0 Å². The molecule has 5 nitrogen and oxygen atoms in total. The Morgan fingerprint density at radius 1 is 1.04 bits per heavy atom. The predicted octanol–water partition coefficient (Wildman–Crippen LogP) is 3.56. The first kappa shape index (κ1) is 16.0. The van der Waals surface area contributed by atoms with Gasteiger partial charge in [-0.3, -0.25) is 4.79 Å². The van der Waals surface area contributed by atoms with Crippen LogP contribution >= 0.6 is 0 Å². The van der Waals surface area contributed by atoms with Gasteiger partial charge in [-0.1, -0.05) is 30.3 Å². The van der Waals surface area contributed by atoms with Crippen molar-refractivity contribution in [2.24, 2.45) is 0 Å². The molecule has 5 rings (SSSR count). The van der Waals surface area contributed by atoms with Crippen LogP contribution < -0.4 is 11.1 Å². The molecule has 2 aliphatic rings. The van der Waals surface area contributed by atoms with E-state index in [1.807, 2.05) is 18.2 Å². The smallest absolute Gasteiger partial charge is 0.251 e. The fourth-order valence-corrected chi connectivity index (χ4v) is 3.67. The highest BCUT2D eigenvalue weighted by molar-refractivity contribution is 5.97. The molecule has 1 saturated carbocycles. The number of fused-ring (bicyclic) bond motifs is 1. The lowest BCUT2D eigenvalue weighted by Gasteiger charge is -2.17. The predicted molar refractivity (Wildman–Crippen MR) is 105 cm³/mol. The Morgan fingerprint density at radius 3 is 2.59 bits per heavy atom. The lowest BCUT2D eigenvalue weighted by Crippen LogP contribution is -2.31. The minimum absolute atomic E-state index is 0.0219. The van der Waals surface area contributed by atoms with E-state index < -0.39 is 0 Å². The molecule has 1 aliphatic carbocycles. The molecule has 3 N–H and O–H groups in total. The largest absolute Gasteiger partial charge is 0.382 e. The molecule has 0 atom stereocenters. The average Bonchev–Trinajstić information content (AvgIpc) is 3.54. The zero-order chi connectivity index (χ0) is 18.4. The van der Waals surface area contributed by atoms with Crippen molar-refractivity contribution in [1.29, 1.82) is 0 Å². The number of carbonyl (C=O) groups is 1. The van der Waals surface area contributed by atoms with E-state index in [0.717, 1.165) is 40.3 Å². The van der Waals surface area contributed by atoms with Gasteiger partial charge in [0, 0.05) is 23.2 Å². The Bertz CT molecular complexity index is 1040. The molecule has 134 valence electrons. The van der Waals surface area contributed by atoms with Crippen molar-refractivity contribution in [1.82, 2.24) is 15.3 Å². The molecular weight excluding hydrogens is 336 g/mol. The van der Waals surface area contributed by atoms with Gasteiger partial charge in [0.2, 0.25) is 0 Å². The van der Waals surface area contributed by atoms with Gasteiger partial charge in [-0.15, -0.1) is 0 Å². The second-order valence-corrected chi connectivity index (χ2v) is 7.26. The third kappa shape index (κ3) is 2.95. The second kappa shape index (κ2) is 6.20. The van der Waals surface area contributed by atoms with Crippen LogP contribution in [0.5, 0.6) is 0 Å². The Morgan fingerprint density at radius 2 is 1.81 bits per heavy atom. The molecule has 0 bridgehead atoms. The summed E-state index contributed by atoms with van der Waals surface area (Å²) in [6.07, 6.45) is 5.12. The van der Waals surface area contributed by atoms with E-state index in [9.17, 15) is 4.79 Å². The van der Waals surface area contributed by atoms with Gasteiger partial charge >= 0.3 is 0 Å². The third-order valence-corrected chi connectivity index (χ3v) is 5.36. The number of carbonyl (C=O) groups excluding carboxylic acids is 1. The molecule has 1 aromatic heterocycles. The molecule has 1 aliphatic heterocycles. The van der Waals surface area contributed by atoms with Crippen LogP contribution in [0.15, 0.2) is 48.7 Å². The molecule has 1 fully saturated rings. The Balaban J connectivity index is 1.53. The highest BCUT2D eigenvalue weighted by Gasteiger charge is 2.23. The average molecular weight is 356 g/mol. The maximum atomic E-state index is 12.0. The fourth-order valence-electron chi connectivity index (χ4n) is 3.67. The topological polar surface area (TPSA) is 80.9 Å². The molecule has 0 unspecified atom stereocenters. The van der Waals surface area contributed by atoms with Crippen molar-refractivity contribution in [2.45, 2.75) is 25.2 Å². The van der Waals surface area contributed by atoms with E-state index in [1.165, 1.54) is 18.4 Å². The van der Waals surface area contributed by atoms with Crippen molar-refractivity contribution < 1.29 is 4.79 Å². The zero-order valence-corrected chi connectivity index (χ0v) is 14.9. The SMILES string of the molecule is Nc1ncc(-c2ccc(C3CC3)cc2)nc1-c1ccc2c(c1)CCNC2=O. The Labute approximate surface area is 157 Å². The number of hydrogen-bond acceptors (Lipinski definition) is 4. The maximum absolute atomic E-state index is 12.0. The number of amides is 1. The summed E-state index contributed by atoms with van der Waals surface area (Å²) in [5, 5.41) is 2.86. The van der Waals surface area contributed by atoms with Crippen molar-refractivity contribution >= 4 is 11.7 Å². The Kier molecular flexibility index (Phi) is 3.67. The zero-order valence-electron chi connectivity index (χ0n) is 14.9. The first-order valence-electron chi connectivity index (χ1n) is 9.33. The van der Waals surface area contributed by atoms with Crippen LogP contribution in [-0.2, 0) is 6.42 Å². The van der Waals surface area contributed by atoms with Crippen molar-refractivity contribution in [3.63, 3.8) is 0 Å². The number of rotatable bonds is 3. The molecule has 0 spiro atoms. The molecule has 2 aromatic carbocycles. The Hall–Kier alpha value is -3.21. The normalized spacial score (nSPS) is 15.9. The van der Waals surface area contributed by atoms with Crippen molar-refractivity contribution in [3.8, 4) is 22.5 Å². The number of nitrogen functional groups attached to an aromatic ring is 1. The quantitative estimate of drug-likeness (QED) is 0.752. The van der Waals surface area contributed by atoms with Crippen LogP contribution in [-0.4, -0.2) is 22.4 Å². The van der Waals surface area contributed by atoms with Crippen molar-refractivity contribution in [3.05, 3.63) is 65.4 Å². The molecule has 2 heterocycles.